The predicted molar refractivity (Wildman–Crippen MR) is 67.4 cm³/mol. The van der Waals surface area contributed by atoms with Gasteiger partial charge in [0, 0.05) is 17.3 Å². The average molecular weight is 278 g/mol. The van der Waals surface area contributed by atoms with Crippen LogP contribution >= 0.6 is 23.4 Å². The number of benzene rings is 1. The van der Waals surface area contributed by atoms with E-state index < -0.39 is 10.0 Å². The van der Waals surface area contributed by atoms with Gasteiger partial charge in [-0.2, -0.15) is 4.31 Å². The third-order valence-corrected chi connectivity index (χ3v) is 5.88. The first-order valence-electron chi connectivity index (χ1n) is 4.86. The summed E-state index contributed by atoms with van der Waals surface area (Å²) in [7, 11) is -3.35. The van der Waals surface area contributed by atoms with E-state index in [1.165, 1.54) is 10.4 Å². The maximum atomic E-state index is 12.2. The molecule has 1 aromatic rings. The summed E-state index contributed by atoms with van der Waals surface area (Å²) in [5.74, 6) is 1.40. The second kappa shape index (κ2) is 4.56. The maximum Gasteiger partial charge on any atom is 0.243 e. The molecule has 0 bridgehead atoms. The van der Waals surface area contributed by atoms with Crippen LogP contribution in [0.2, 0.25) is 5.02 Å². The fraction of sp³-hybridized carbons (Fsp3) is 0.400. The smallest absolute Gasteiger partial charge is 0.207 e. The zero-order chi connectivity index (χ0) is 11.8. The van der Waals surface area contributed by atoms with Crippen molar-refractivity contribution in [1.29, 1.82) is 0 Å². The lowest BCUT2D eigenvalue weighted by Crippen LogP contribution is -2.28. The van der Waals surface area contributed by atoms with Gasteiger partial charge in [-0.1, -0.05) is 17.7 Å². The van der Waals surface area contributed by atoms with E-state index in [-0.39, 0.29) is 4.90 Å². The zero-order valence-corrected chi connectivity index (χ0v) is 11.2. The van der Waals surface area contributed by atoms with Crippen molar-refractivity contribution < 1.29 is 8.42 Å². The largest absolute Gasteiger partial charge is 0.243 e. The fourth-order valence-corrected chi connectivity index (χ4v) is 4.56. The number of sulfonamides is 1. The third-order valence-electron chi connectivity index (χ3n) is 2.50. The Morgan fingerprint density at radius 1 is 1.44 bits per heavy atom. The Bertz CT molecular complexity index is 496. The highest BCUT2D eigenvalue weighted by atomic mass is 35.5. The molecule has 88 valence electrons. The Hall–Kier alpha value is -0.230. The van der Waals surface area contributed by atoms with Gasteiger partial charge in [-0.05, 0) is 24.6 Å². The van der Waals surface area contributed by atoms with Crippen LogP contribution in [0, 0.1) is 6.92 Å². The van der Waals surface area contributed by atoms with E-state index >= 15 is 0 Å². The van der Waals surface area contributed by atoms with E-state index in [0.717, 1.165) is 11.3 Å². The van der Waals surface area contributed by atoms with Gasteiger partial charge in [0.1, 0.15) is 0 Å². The van der Waals surface area contributed by atoms with Crippen LogP contribution < -0.4 is 0 Å². The van der Waals surface area contributed by atoms with Crippen LogP contribution in [0.4, 0.5) is 0 Å². The number of aryl methyl sites for hydroxylation is 1. The number of rotatable bonds is 2. The molecule has 0 unspecified atom stereocenters. The van der Waals surface area contributed by atoms with Gasteiger partial charge in [-0.25, -0.2) is 8.42 Å². The fourth-order valence-electron chi connectivity index (χ4n) is 1.47. The monoisotopic (exact) mass is 277 g/mol. The summed E-state index contributed by atoms with van der Waals surface area (Å²) in [5.41, 5.74) is 0.886. The van der Waals surface area contributed by atoms with Crippen LogP contribution in [0.5, 0.6) is 0 Å². The van der Waals surface area contributed by atoms with Gasteiger partial charge in [0.15, 0.2) is 0 Å². The second-order valence-corrected chi connectivity index (χ2v) is 7.05. The van der Waals surface area contributed by atoms with Crippen LogP contribution in [0.1, 0.15) is 5.56 Å². The third kappa shape index (κ3) is 2.22. The molecule has 0 saturated carbocycles. The summed E-state index contributed by atoms with van der Waals surface area (Å²) in [5, 5.41) is 0.493. The first-order chi connectivity index (χ1) is 7.51. The van der Waals surface area contributed by atoms with E-state index in [9.17, 15) is 8.42 Å². The highest BCUT2D eigenvalue weighted by Crippen LogP contribution is 2.26. The molecule has 2 rings (SSSR count). The predicted octanol–water partition coefficient (Wildman–Crippen LogP) is 2.34. The lowest BCUT2D eigenvalue weighted by molar-refractivity contribution is 0.489. The normalized spacial score (nSPS) is 17.9. The van der Waals surface area contributed by atoms with Gasteiger partial charge >= 0.3 is 0 Å². The lowest BCUT2D eigenvalue weighted by atomic mass is 10.2. The van der Waals surface area contributed by atoms with Crippen LogP contribution in [0.3, 0.4) is 0 Å². The molecule has 3 nitrogen and oxygen atoms in total. The Labute approximate surface area is 105 Å². The number of thioether (sulfide) groups is 1. The summed E-state index contributed by atoms with van der Waals surface area (Å²) in [4.78, 5) is 0.283. The first-order valence-corrected chi connectivity index (χ1v) is 7.83. The molecule has 1 aliphatic rings. The molecule has 1 saturated heterocycles. The van der Waals surface area contributed by atoms with Gasteiger partial charge < -0.3 is 0 Å². The summed E-state index contributed by atoms with van der Waals surface area (Å²) >= 11 is 7.56. The van der Waals surface area contributed by atoms with Crippen LogP contribution in [-0.2, 0) is 10.0 Å². The van der Waals surface area contributed by atoms with E-state index in [4.69, 9.17) is 11.6 Å². The average Bonchev–Trinajstić information content (AvgIpc) is 2.75. The molecule has 0 aliphatic carbocycles. The van der Waals surface area contributed by atoms with Crippen molar-refractivity contribution in [2.45, 2.75) is 11.8 Å². The van der Waals surface area contributed by atoms with Crippen molar-refractivity contribution in [1.82, 2.24) is 4.31 Å². The summed E-state index contributed by atoms with van der Waals surface area (Å²) in [6.07, 6.45) is 0. The molecule has 0 aromatic heterocycles. The summed E-state index contributed by atoms with van der Waals surface area (Å²) < 4.78 is 25.8. The van der Waals surface area contributed by atoms with Crippen molar-refractivity contribution >= 4 is 33.4 Å². The van der Waals surface area contributed by atoms with Gasteiger partial charge in [0.05, 0.1) is 10.8 Å². The van der Waals surface area contributed by atoms with Crippen molar-refractivity contribution in [2.75, 3.05) is 18.2 Å². The molecule has 0 N–H and O–H groups in total. The molecular formula is C10H12ClNO2S2. The quantitative estimate of drug-likeness (QED) is 0.833. The van der Waals surface area contributed by atoms with Gasteiger partial charge in [-0.15, -0.1) is 11.8 Å². The van der Waals surface area contributed by atoms with Gasteiger partial charge in [-0.3, -0.25) is 0 Å². The minimum absolute atomic E-state index is 0.283. The molecule has 1 aliphatic heterocycles. The molecule has 16 heavy (non-hydrogen) atoms. The van der Waals surface area contributed by atoms with E-state index in [0.29, 0.717) is 17.4 Å². The SMILES string of the molecule is Cc1ccc(S(=O)(=O)N2CCSC2)cc1Cl. The molecule has 0 atom stereocenters. The zero-order valence-electron chi connectivity index (χ0n) is 8.81. The van der Waals surface area contributed by atoms with Crippen molar-refractivity contribution in [2.24, 2.45) is 0 Å². The second-order valence-electron chi connectivity index (χ2n) is 3.63. The van der Waals surface area contributed by atoms with E-state index in [2.05, 4.69) is 0 Å². The Balaban J connectivity index is 2.39. The summed E-state index contributed by atoms with van der Waals surface area (Å²) in [6.45, 7) is 2.43. The molecular weight excluding hydrogens is 266 g/mol. The molecule has 0 radical (unpaired) electrons. The van der Waals surface area contributed by atoms with Crippen molar-refractivity contribution in [3.63, 3.8) is 0 Å². The topological polar surface area (TPSA) is 37.4 Å². The van der Waals surface area contributed by atoms with Crippen molar-refractivity contribution in [3.8, 4) is 0 Å². The standard InChI is InChI=1S/C10H12ClNO2S2/c1-8-2-3-9(6-10(8)11)16(13,14)12-4-5-15-7-12/h2-3,6H,4-5,7H2,1H3. The number of halogens is 1. The summed E-state index contributed by atoms with van der Waals surface area (Å²) in [6, 6.07) is 4.87. The molecule has 1 fully saturated rings. The minimum Gasteiger partial charge on any atom is -0.207 e. The van der Waals surface area contributed by atoms with Crippen LogP contribution in [0.25, 0.3) is 0 Å². The molecule has 1 aromatic carbocycles. The van der Waals surface area contributed by atoms with E-state index in [1.54, 1.807) is 23.9 Å². The van der Waals surface area contributed by atoms with Crippen molar-refractivity contribution in [3.05, 3.63) is 28.8 Å². The first kappa shape index (κ1) is 12.2. The number of hydrogen-bond donors (Lipinski definition) is 0. The Morgan fingerprint density at radius 3 is 2.75 bits per heavy atom. The molecule has 6 heteroatoms. The van der Waals surface area contributed by atoms with Crippen LogP contribution in [0.15, 0.2) is 23.1 Å². The Morgan fingerprint density at radius 2 is 2.19 bits per heavy atom. The highest BCUT2D eigenvalue weighted by molar-refractivity contribution is 8.00. The van der Waals surface area contributed by atoms with Gasteiger partial charge in [0.25, 0.3) is 0 Å². The van der Waals surface area contributed by atoms with E-state index in [1.807, 2.05) is 6.92 Å². The maximum absolute atomic E-state index is 12.2. The lowest BCUT2D eigenvalue weighted by Gasteiger charge is -2.15. The highest BCUT2D eigenvalue weighted by Gasteiger charge is 2.27. The Kier molecular flexibility index (Phi) is 3.49. The molecule has 1 heterocycles. The molecule has 0 amide bonds. The van der Waals surface area contributed by atoms with Gasteiger partial charge in [0.2, 0.25) is 10.0 Å². The number of hydrogen-bond acceptors (Lipinski definition) is 3. The number of nitrogens with zero attached hydrogens (tertiary/aromatic N) is 1. The molecule has 0 spiro atoms. The van der Waals surface area contributed by atoms with Crippen LogP contribution in [-0.4, -0.2) is 30.9 Å². The minimum atomic E-state index is -3.35.